The molecule has 0 saturated carbocycles. The number of ether oxygens (including phenoxy) is 1. The maximum absolute atomic E-state index is 13.7. The van der Waals surface area contributed by atoms with Crippen molar-refractivity contribution < 1.29 is 13.9 Å². The van der Waals surface area contributed by atoms with Gasteiger partial charge in [-0.1, -0.05) is 29.8 Å². The highest BCUT2D eigenvalue weighted by molar-refractivity contribution is 6.30. The zero-order valence-electron chi connectivity index (χ0n) is 13.7. The van der Waals surface area contributed by atoms with Crippen molar-refractivity contribution in [3.05, 3.63) is 83.6 Å². The van der Waals surface area contributed by atoms with Gasteiger partial charge < -0.3 is 15.4 Å². The molecule has 6 heteroatoms. The van der Waals surface area contributed by atoms with Gasteiger partial charge in [-0.05, 0) is 54.6 Å². The lowest BCUT2D eigenvalue weighted by Gasteiger charge is -2.10. The highest BCUT2D eigenvalue weighted by Gasteiger charge is 2.08. The third kappa shape index (κ3) is 4.97. The summed E-state index contributed by atoms with van der Waals surface area (Å²) >= 11 is 5.68. The summed E-state index contributed by atoms with van der Waals surface area (Å²) in [5.41, 5.74) is 1.94. The van der Waals surface area contributed by atoms with E-state index in [4.69, 9.17) is 16.3 Å². The van der Waals surface area contributed by atoms with Gasteiger partial charge in [0.2, 0.25) is 0 Å². The van der Waals surface area contributed by atoms with Crippen molar-refractivity contribution in [2.45, 2.75) is 0 Å². The number of benzene rings is 3. The number of hydrogen-bond acceptors (Lipinski definition) is 3. The molecule has 132 valence electrons. The normalized spacial score (nSPS) is 10.2. The molecule has 3 aromatic carbocycles. The Hall–Kier alpha value is -3.05. The number of nitrogens with one attached hydrogen (secondary N) is 2. The summed E-state index contributed by atoms with van der Waals surface area (Å²) in [7, 11) is 0. The van der Waals surface area contributed by atoms with Gasteiger partial charge in [-0.25, -0.2) is 4.39 Å². The van der Waals surface area contributed by atoms with Crippen LogP contribution >= 0.6 is 11.6 Å². The number of amides is 1. The molecule has 0 radical (unpaired) electrons. The zero-order valence-corrected chi connectivity index (χ0v) is 14.5. The lowest BCUT2D eigenvalue weighted by Crippen LogP contribution is -2.20. The van der Waals surface area contributed by atoms with E-state index >= 15 is 0 Å². The highest BCUT2D eigenvalue weighted by atomic mass is 35.5. The van der Waals surface area contributed by atoms with Gasteiger partial charge in [-0.3, -0.25) is 4.79 Å². The van der Waals surface area contributed by atoms with Crippen LogP contribution in [-0.4, -0.2) is 12.5 Å². The van der Waals surface area contributed by atoms with Crippen LogP contribution in [0.2, 0.25) is 5.02 Å². The number of hydrogen-bond donors (Lipinski definition) is 2. The van der Waals surface area contributed by atoms with Gasteiger partial charge in [0.25, 0.3) is 5.91 Å². The molecule has 0 spiro atoms. The van der Waals surface area contributed by atoms with Gasteiger partial charge in [0, 0.05) is 16.4 Å². The summed E-state index contributed by atoms with van der Waals surface area (Å²) in [6.45, 7) is -0.229. The lowest BCUT2D eigenvalue weighted by atomic mass is 10.2. The molecule has 0 aliphatic heterocycles. The van der Waals surface area contributed by atoms with E-state index in [0.717, 1.165) is 17.4 Å². The molecule has 3 rings (SSSR count). The fourth-order valence-corrected chi connectivity index (χ4v) is 2.41. The van der Waals surface area contributed by atoms with Gasteiger partial charge in [-0.2, -0.15) is 0 Å². The minimum absolute atomic E-state index is 0.0606. The van der Waals surface area contributed by atoms with Crippen molar-refractivity contribution in [1.29, 1.82) is 0 Å². The van der Waals surface area contributed by atoms with Crippen LogP contribution in [0.5, 0.6) is 5.75 Å². The fourth-order valence-electron chi connectivity index (χ4n) is 2.25. The van der Waals surface area contributed by atoms with Crippen molar-refractivity contribution in [2.24, 2.45) is 0 Å². The largest absolute Gasteiger partial charge is 0.484 e. The molecule has 26 heavy (non-hydrogen) atoms. The van der Waals surface area contributed by atoms with Gasteiger partial charge in [0.1, 0.15) is 11.6 Å². The van der Waals surface area contributed by atoms with Gasteiger partial charge in [0.05, 0.1) is 5.69 Å². The summed E-state index contributed by atoms with van der Waals surface area (Å²) < 4.78 is 19.1. The quantitative estimate of drug-likeness (QED) is 0.623. The number of halogens is 2. The Balaban J connectivity index is 1.52. The van der Waals surface area contributed by atoms with E-state index in [-0.39, 0.29) is 17.3 Å². The lowest BCUT2D eigenvalue weighted by molar-refractivity contribution is -0.118. The van der Waals surface area contributed by atoms with Crippen LogP contribution in [0.3, 0.4) is 0 Å². The predicted octanol–water partition coefficient (Wildman–Crippen LogP) is 5.24. The Morgan fingerprint density at radius 1 is 0.962 bits per heavy atom. The molecule has 0 bridgehead atoms. The van der Waals surface area contributed by atoms with E-state index in [2.05, 4.69) is 10.6 Å². The molecule has 0 heterocycles. The van der Waals surface area contributed by atoms with Gasteiger partial charge in [0.15, 0.2) is 6.61 Å². The molecule has 0 atom stereocenters. The van der Waals surface area contributed by atoms with Crippen LogP contribution in [0.15, 0.2) is 72.8 Å². The average Bonchev–Trinajstić information content (AvgIpc) is 2.64. The first-order valence-electron chi connectivity index (χ1n) is 7.90. The minimum atomic E-state index is -0.595. The Morgan fingerprint density at radius 2 is 1.65 bits per heavy atom. The molecule has 2 N–H and O–H groups in total. The maximum Gasteiger partial charge on any atom is 0.262 e. The third-order valence-electron chi connectivity index (χ3n) is 3.49. The van der Waals surface area contributed by atoms with Crippen LogP contribution in [0.1, 0.15) is 0 Å². The summed E-state index contributed by atoms with van der Waals surface area (Å²) in [6.07, 6.45) is 0. The molecule has 0 saturated heterocycles. The Morgan fingerprint density at radius 3 is 2.35 bits per heavy atom. The fraction of sp³-hybridized carbons (Fsp3) is 0.0500. The zero-order chi connectivity index (χ0) is 18.4. The van der Waals surface area contributed by atoms with Crippen molar-refractivity contribution in [2.75, 3.05) is 17.2 Å². The van der Waals surface area contributed by atoms with Crippen LogP contribution in [0, 0.1) is 5.82 Å². The number of rotatable bonds is 6. The minimum Gasteiger partial charge on any atom is -0.484 e. The number of carbonyl (C=O) groups excluding carboxylic acids is 1. The Labute approximate surface area is 155 Å². The number of carbonyl (C=O) groups is 1. The van der Waals surface area contributed by atoms with Gasteiger partial charge >= 0.3 is 0 Å². The van der Waals surface area contributed by atoms with Crippen LogP contribution in [-0.2, 0) is 4.79 Å². The van der Waals surface area contributed by atoms with Crippen molar-refractivity contribution in [1.82, 2.24) is 0 Å². The van der Waals surface area contributed by atoms with E-state index < -0.39 is 11.7 Å². The predicted molar refractivity (Wildman–Crippen MR) is 102 cm³/mol. The first kappa shape index (κ1) is 17.8. The number of anilines is 3. The van der Waals surface area contributed by atoms with E-state index in [1.165, 1.54) is 12.1 Å². The van der Waals surface area contributed by atoms with Crippen molar-refractivity contribution in [3.63, 3.8) is 0 Å². The van der Waals surface area contributed by atoms with E-state index in [1.54, 1.807) is 12.1 Å². The second kappa shape index (κ2) is 8.36. The van der Waals surface area contributed by atoms with E-state index in [1.807, 2.05) is 42.5 Å². The SMILES string of the molecule is O=C(COc1ccc(Nc2ccccc2)cc1)Nc1ccc(Cl)cc1F. The molecule has 0 unspecified atom stereocenters. The van der Waals surface area contributed by atoms with Crippen LogP contribution in [0.4, 0.5) is 21.5 Å². The molecular formula is C20H16ClFN2O2. The van der Waals surface area contributed by atoms with E-state index in [9.17, 15) is 9.18 Å². The number of para-hydroxylation sites is 1. The molecule has 1 amide bonds. The van der Waals surface area contributed by atoms with Crippen molar-refractivity contribution >= 4 is 34.6 Å². The summed E-state index contributed by atoms with van der Waals surface area (Å²) in [5.74, 6) is -0.518. The van der Waals surface area contributed by atoms with Crippen LogP contribution < -0.4 is 15.4 Å². The molecule has 3 aromatic rings. The second-order valence-electron chi connectivity index (χ2n) is 5.48. The highest BCUT2D eigenvalue weighted by Crippen LogP contribution is 2.21. The van der Waals surface area contributed by atoms with E-state index in [0.29, 0.717) is 5.75 Å². The standard InChI is InChI=1S/C20H16ClFN2O2/c21-14-6-11-19(18(22)12-14)24-20(25)13-26-17-9-7-16(8-10-17)23-15-4-2-1-3-5-15/h1-12,23H,13H2,(H,24,25). The molecule has 0 aliphatic carbocycles. The Kier molecular flexibility index (Phi) is 5.71. The molecule has 0 aliphatic rings. The van der Waals surface area contributed by atoms with Crippen molar-refractivity contribution in [3.8, 4) is 5.75 Å². The average molecular weight is 371 g/mol. The third-order valence-corrected chi connectivity index (χ3v) is 3.73. The molecule has 0 fully saturated rings. The first-order chi connectivity index (χ1) is 12.6. The summed E-state index contributed by atoms with van der Waals surface area (Å²) in [6, 6.07) is 21.0. The van der Waals surface area contributed by atoms with Crippen LogP contribution in [0.25, 0.3) is 0 Å². The summed E-state index contributed by atoms with van der Waals surface area (Å²) in [4.78, 5) is 11.9. The smallest absolute Gasteiger partial charge is 0.262 e. The Bertz CT molecular complexity index is 886. The monoisotopic (exact) mass is 370 g/mol. The van der Waals surface area contributed by atoms with Gasteiger partial charge in [-0.15, -0.1) is 0 Å². The summed E-state index contributed by atoms with van der Waals surface area (Å²) in [5, 5.41) is 5.96. The molecule has 4 nitrogen and oxygen atoms in total. The first-order valence-corrected chi connectivity index (χ1v) is 8.28. The molecule has 0 aromatic heterocycles. The molecular weight excluding hydrogens is 355 g/mol. The topological polar surface area (TPSA) is 50.4 Å². The maximum atomic E-state index is 13.7. The second-order valence-corrected chi connectivity index (χ2v) is 5.91.